The molecule has 1 atom stereocenters. The number of amides is 1. The van der Waals surface area contributed by atoms with Crippen molar-refractivity contribution < 1.29 is 4.79 Å². The third-order valence-corrected chi connectivity index (χ3v) is 3.35. The van der Waals surface area contributed by atoms with Crippen molar-refractivity contribution >= 4 is 11.6 Å². The molecule has 0 aliphatic heterocycles. The Morgan fingerprint density at radius 1 is 1.05 bits per heavy atom. The summed E-state index contributed by atoms with van der Waals surface area (Å²) >= 11 is 0. The van der Waals surface area contributed by atoms with Crippen LogP contribution in [0.3, 0.4) is 0 Å². The second-order valence-corrected chi connectivity index (χ2v) is 5.24. The first-order valence-corrected chi connectivity index (χ1v) is 6.97. The van der Waals surface area contributed by atoms with E-state index in [2.05, 4.69) is 25.2 Å². The molecule has 21 heavy (non-hydrogen) atoms. The van der Waals surface area contributed by atoms with E-state index in [1.165, 1.54) is 0 Å². The Balaban J connectivity index is 2.17. The molecule has 1 amide bonds. The Bertz CT molecular complexity index is 656. The average Bonchev–Trinajstić information content (AvgIpc) is 2.49. The van der Waals surface area contributed by atoms with Crippen LogP contribution >= 0.6 is 0 Å². The predicted molar refractivity (Wildman–Crippen MR) is 84.0 cm³/mol. The van der Waals surface area contributed by atoms with Gasteiger partial charge in [0, 0.05) is 5.69 Å². The lowest BCUT2D eigenvalue weighted by Gasteiger charge is -2.12. The lowest BCUT2D eigenvalue weighted by Crippen LogP contribution is -2.20. The molecule has 106 valence electrons. The van der Waals surface area contributed by atoms with E-state index in [0.717, 1.165) is 11.3 Å². The van der Waals surface area contributed by atoms with Crippen molar-refractivity contribution in [2.75, 3.05) is 5.32 Å². The van der Waals surface area contributed by atoms with E-state index < -0.39 is 5.92 Å². The fraction of sp³-hybridized carbons (Fsp3) is 0.222. The minimum absolute atomic E-state index is 0.301. The molecule has 3 heteroatoms. The van der Waals surface area contributed by atoms with E-state index in [0.29, 0.717) is 11.5 Å². The van der Waals surface area contributed by atoms with Crippen LogP contribution in [0.4, 0.5) is 5.69 Å². The van der Waals surface area contributed by atoms with Crippen molar-refractivity contribution in [3.8, 4) is 6.07 Å². The summed E-state index contributed by atoms with van der Waals surface area (Å²) in [6.07, 6.45) is 0. The zero-order valence-corrected chi connectivity index (χ0v) is 12.2. The molecule has 0 fully saturated rings. The van der Waals surface area contributed by atoms with Crippen LogP contribution in [0.5, 0.6) is 0 Å². The van der Waals surface area contributed by atoms with Gasteiger partial charge in [0.2, 0.25) is 5.91 Å². The van der Waals surface area contributed by atoms with Crippen LogP contribution in [0.25, 0.3) is 0 Å². The minimum atomic E-state index is -0.797. The number of rotatable bonds is 4. The summed E-state index contributed by atoms with van der Waals surface area (Å²) in [5.41, 5.74) is 2.58. The molecule has 0 aliphatic carbocycles. The predicted octanol–water partition coefficient (Wildman–Crippen LogP) is 4.06. The van der Waals surface area contributed by atoms with Gasteiger partial charge in [-0.05, 0) is 29.2 Å². The van der Waals surface area contributed by atoms with Gasteiger partial charge in [-0.25, -0.2) is 0 Å². The lowest BCUT2D eigenvalue weighted by atomic mass is 9.99. The second kappa shape index (κ2) is 6.71. The highest BCUT2D eigenvalue weighted by Gasteiger charge is 2.20. The quantitative estimate of drug-likeness (QED) is 0.917. The Morgan fingerprint density at radius 2 is 1.71 bits per heavy atom. The molecule has 2 aromatic rings. The molecule has 0 aromatic heterocycles. The van der Waals surface area contributed by atoms with E-state index in [1.54, 1.807) is 12.1 Å². The normalized spacial score (nSPS) is 11.7. The fourth-order valence-corrected chi connectivity index (χ4v) is 2.12. The van der Waals surface area contributed by atoms with Crippen molar-refractivity contribution in [2.45, 2.75) is 25.7 Å². The molecule has 0 saturated carbocycles. The summed E-state index contributed by atoms with van der Waals surface area (Å²) in [5.74, 6) is -0.707. The summed E-state index contributed by atoms with van der Waals surface area (Å²) in [5, 5.41) is 12.1. The van der Waals surface area contributed by atoms with Gasteiger partial charge in [-0.15, -0.1) is 0 Å². The number of benzene rings is 2. The number of nitriles is 1. The maximum Gasteiger partial charge on any atom is 0.246 e. The molecule has 0 saturated heterocycles. The van der Waals surface area contributed by atoms with Crippen molar-refractivity contribution in [1.29, 1.82) is 5.26 Å². The molecular weight excluding hydrogens is 260 g/mol. The third-order valence-electron chi connectivity index (χ3n) is 3.35. The maximum absolute atomic E-state index is 12.3. The van der Waals surface area contributed by atoms with E-state index in [4.69, 9.17) is 0 Å². The van der Waals surface area contributed by atoms with Gasteiger partial charge in [0.15, 0.2) is 5.92 Å². The summed E-state index contributed by atoms with van der Waals surface area (Å²) in [4.78, 5) is 12.3. The first-order valence-electron chi connectivity index (χ1n) is 6.97. The Hall–Kier alpha value is -2.60. The first-order chi connectivity index (χ1) is 10.1. The summed E-state index contributed by atoms with van der Waals surface area (Å²) in [6, 6.07) is 18.9. The molecule has 1 N–H and O–H groups in total. The van der Waals surface area contributed by atoms with Gasteiger partial charge in [0.05, 0.1) is 6.07 Å². The smallest absolute Gasteiger partial charge is 0.246 e. The molecule has 0 bridgehead atoms. The van der Waals surface area contributed by atoms with Gasteiger partial charge in [0.25, 0.3) is 0 Å². The number of carbonyl (C=O) groups is 1. The third kappa shape index (κ3) is 3.70. The van der Waals surface area contributed by atoms with Crippen LogP contribution in [0.2, 0.25) is 0 Å². The molecular formula is C18H18N2O. The van der Waals surface area contributed by atoms with E-state index in [-0.39, 0.29) is 5.91 Å². The maximum atomic E-state index is 12.3. The second-order valence-electron chi connectivity index (χ2n) is 5.24. The van der Waals surface area contributed by atoms with Crippen LogP contribution in [-0.4, -0.2) is 5.91 Å². The molecule has 0 radical (unpaired) electrons. The Labute approximate surface area is 125 Å². The molecule has 2 rings (SSSR count). The zero-order chi connectivity index (χ0) is 15.2. The van der Waals surface area contributed by atoms with Crippen molar-refractivity contribution in [2.24, 2.45) is 0 Å². The molecule has 0 aliphatic rings. The minimum Gasteiger partial charge on any atom is -0.325 e. The topological polar surface area (TPSA) is 52.9 Å². The van der Waals surface area contributed by atoms with Crippen LogP contribution in [-0.2, 0) is 4.79 Å². The number of nitrogens with zero attached hydrogens (tertiary/aromatic N) is 1. The van der Waals surface area contributed by atoms with E-state index >= 15 is 0 Å². The van der Waals surface area contributed by atoms with Crippen LogP contribution in [0, 0.1) is 11.3 Å². The van der Waals surface area contributed by atoms with Crippen LogP contribution < -0.4 is 5.32 Å². The summed E-state index contributed by atoms with van der Waals surface area (Å²) in [6.45, 7) is 4.20. The highest BCUT2D eigenvalue weighted by molar-refractivity contribution is 5.97. The van der Waals surface area contributed by atoms with Crippen molar-refractivity contribution in [1.82, 2.24) is 0 Å². The largest absolute Gasteiger partial charge is 0.325 e. The standard InChI is InChI=1S/C18H18N2O/c1-13(2)15-9-6-10-16(11-15)20-18(21)17(12-19)14-7-4-3-5-8-14/h3-11,13,17H,1-2H3,(H,20,21). The summed E-state index contributed by atoms with van der Waals surface area (Å²) < 4.78 is 0. The van der Waals surface area contributed by atoms with E-state index in [9.17, 15) is 10.1 Å². The fourth-order valence-electron chi connectivity index (χ4n) is 2.12. The van der Waals surface area contributed by atoms with Gasteiger partial charge < -0.3 is 5.32 Å². The number of anilines is 1. The summed E-state index contributed by atoms with van der Waals surface area (Å²) in [7, 11) is 0. The molecule has 3 nitrogen and oxygen atoms in total. The Kier molecular flexibility index (Phi) is 4.73. The molecule has 0 spiro atoms. The van der Waals surface area contributed by atoms with Gasteiger partial charge in [0.1, 0.15) is 0 Å². The first kappa shape index (κ1) is 14.8. The van der Waals surface area contributed by atoms with Crippen molar-refractivity contribution in [3.63, 3.8) is 0 Å². The molecule has 1 unspecified atom stereocenters. The number of hydrogen-bond donors (Lipinski definition) is 1. The lowest BCUT2D eigenvalue weighted by molar-refractivity contribution is -0.116. The average molecular weight is 278 g/mol. The highest BCUT2D eigenvalue weighted by Crippen LogP contribution is 2.21. The monoisotopic (exact) mass is 278 g/mol. The van der Waals surface area contributed by atoms with Gasteiger partial charge in [-0.1, -0.05) is 56.3 Å². The Morgan fingerprint density at radius 3 is 2.33 bits per heavy atom. The molecule has 2 aromatic carbocycles. The molecule has 0 heterocycles. The van der Waals surface area contributed by atoms with Gasteiger partial charge >= 0.3 is 0 Å². The van der Waals surface area contributed by atoms with Gasteiger partial charge in [-0.2, -0.15) is 5.26 Å². The van der Waals surface area contributed by atoms with Gasteiger partial charge in [-0.3, -0.25) is 4.79 Å². The van der Waals surface area contributed by atoms with E-state index in [1.807, 2.05) is 42.5 Å². The number of hydrogen-bond acceptors (Lipinski definition) is 2. The number of nitrogens with one attached hydrogen (secondary N) is 1. The van der Waals surface area contributed by atoms with Crippen molar-refractivity contribution in [3.05, 3.63) is 65.7 Å². The van der Waals surface area contributed by atoms with Crippen LogP contribution in [0.15, 0.2) is 54.6 Å². The SMILES string of the molecule is CC(C)c1cccc(NC(=O)C(C#N)c2ccccc2)c1. The van der Waals surface area contributed by atoms with Crippen LogP contribution in [0.1, 0.15) is 36.8 Å². The zero-order valence-electron chi connectivity index (χ0n) is 12.2. The number of carbonyl (C=O) groups excluding carboxylic acids is 1. The highest BCUT2D eigenvalue weighted by atomic mass is 16.1.